The van der Waals surface area contributed by atoms with E-state index >= 15 is 0 Å². The highest BCUT2D eigenvalue weighted by Gasteiger charge is 2.27. The zero-order valence-electron chi connectivity index (χ0n) is 15.8. The molecule has 2 heterocycles. The van der Waals surface area contributed by atoms with Crippen molar-refractivity contribution in [3.05, 3.63) is 50.6 Å². The highest BCUT2D eigenvalue weighted by atomic mass is 32.1. The van der Waals surface area contributed by atoms with Gasteiger partial charge in [0, 0.05) is 10.6 Å². The molecule has 4 rings (SSSR count). The molecule has 0 unspecified atom stereocenters. The van der Waals surface area contributed by atoms with Gasteiger partial charge in [0.05, 0.1) is 12.0 Å². The van der Waals surface area contributed by atoms with Crippen molar-refractivity contribution >= 4 is 33.1 Å². The van der Waals surface area contributed by atoms with Crippen LogP contribution in [0.15, 0.2) is 29.1 Å². The molecule has 0 saturated heterocycles. The Morgan fingerprint density at radius 3 is 2.82 bits per heavy atom. The molecule has 2 aromatic heterocycles. The number of nitrogens with one attached hydrogen (secondary N) is 2. The molecule has 0 bridgehead atoms. The fraction of sp³-hybridized carbons (Fsp3) is 0.333. The van der Waals surface area contributed by atoms with E-state index in [4.69, 9.17) is 4.74 Å². The second-order valence-corrected chi connectivity index (χ2v) is 8.25. The van der Waals surface area contributed by atoms with Crippen LogP contribution in [-0.4, -0.2) is 22.6 Å². The number of anilines is 1. The molecule has 28 heavy (non-hydrogen) atoms. The van der Waals surface area contributed by atoms with Gasteiger partial charge in [-0.05, 0) is 61.9 Å². The lowest BCUT2D eigenvalue weighted by atomic mass is 9.89. The number of aromatic hydroxyl groups is 1. The molecule has 146 valence electrons. The predicted octanol–water partition coefficient (Wildman–Crippen LogP) is 4.07. The lowest BCUT2D eigenvalue weighted by Gasteiger charge is -2.18. The fourth-order valence-electron chi connectivity index (χ4n) is 3.69. The standard InChI is InChI=1S/C21H22N2O4S/c1-3-27-13-7-5-12(6-8-13)22-19(25)17-18(24)16-14-9-4-11(2)10-15(14)28-21(16)23-20(17)26/h5-8,11H,3-4,9-10H2,1-2H3,(H,22,25)(H2,23,24,26)/t11-/m1/s1. The number of aromatic nitrogens is 1. The smallest absolute Gasteiger partial charge is 0.265 e. The topological polar surface area (TPSA) is 91.4 Å². The third kappa shape index (κ3) is 3.26. The van der Waals surface area contributed by atoms with Crippen molar-refractivity contribution in [2.45, 2.75) is 33.1 Å². The summed E-state index contributed by atoms with van der Waals surface area (Å²) in [6, 6.07) is 6.87. The first kappa shape index (κ1) is 18.6. The zero-order valence-corrected chi connectivity index (χ0v) is 16.6. The van der Waals surface area contributed by atoms with Crippen molar-refractivity contribution in [3.63, 3.8) is 0 Å². The second kappa shape index (κ2) is 7.31. The number of thiophene rings is 1. The van der Waals surface area contributed by atoms with E-state index in [1.165, 1.54) is 16.2 Å². The summed E-state index contributed by atoms with van der Waals surface area (Å²) in [5.74, 6) is 0.418. The molecule has 1 aliphatic carbocycles. The summed E-state index contributed by atoms with van der Waals surface area (Å²) >= 11 is 1.50. The first-order valence-electron chi connectivity index (χ1n) is 9.41. The van der Waals surface area contributed by atoms with E-state index in [2.05, 4.69) is 17.2 Å². The summed E-state index contributed by atoms with van der Waals surface area (Å²) < 4.78 is 5.38. The van der Waals surface area contributed by atoms with Crippen LogP contribution >= 0.6 is 11.3 Å². The normalized spacial score (nSPS) is 16.0. The van der Waals surface area contributed by atoms with Gasteiger partial charge in [-0.15, -0.1) is 11.3 Å². The Balaban J connectivity index is 1.69. The molecule has 6 nitrogen and oxygen atoms in total. The number of aryl methyl sites for hydroxylation is 1. The highest BCUT2D eigenvalue weighted by Crippen LogP contribution is 2.41. The Hall–Kier alpha value is -2.80. The SMILES string of the molecule is CCOc1ccc(NC(=O)c2c(O)c3c4c(sc3[nH]c2=O)C[C@H](C)CC4)cc1. The first-order chi connectivity index (χ1) is 13.5. The monoisotopic (exact) mass is 398 g/mol. The molecular formula is C21H22N2O4S. The predicted molar refractivity (Wildman–Crippen MR) is 111 cm³/mol. The average Bonchev–Trinajstić information content (AvgIpc) is 3.00. The maximum absolute atomic E-state index is 12.7. The van der Waals surface area contributed by atoms with Crippen molar-refractivity contribution in [1.29, 1.82) is 0 Å². The van der Waals surface area contributed by atoms with Crippen LogP contribution in [0.1, 0.15) is 41.1 Å². The Morgan fingerprint density at radius 1 is 1.36 bits per heavy atom. The van der Waals surface area contributed by atoms with Crippen LogP contribution in [-0.2, 0) is 12.8 Å². The van der Waals surface area contributed by atoms with Crippen LogP contribution in [0, 0.1) is 5.92 Å². The Bertz CT molecular complexity index is 1100. The van der Waals surface area contributed by atoms with Crippen LogP contribution in [0.4, 0.5) is 5.69 Å². The number of H-pyrrole nitrogens is 1. The first-order valence-corrected chi connectivity index (χ1v) is 10.2. The summed E-state index contributed by atoms with van der Waals surface area (Å²) in [7, 11) is 0. The van der Waals surface area contributed by atoms with Crippen molar-refractivity contribution < 1.29 is 14.6 Å². The van der Waals surface area contributed by atoms with Gasteiger partial charge >= 0.3 is 0 Å². The molecule has 3 N–H and O–H groups in total. The molecule has 1 aliphatic rings. The van der Waals surface area contributed by atoms with E-state index in [1.54, 1.807) is 24.3 Å². The molecule has 1 aromatic carbocycles. The lowest BCUT2D eigenvalue weighted by Crippen LogP contribution is -2.23. The molecule has 0 aliphatic heterocycles. The van der Waals surface area contributed by atoms with Crippen LogP contribution in [0.5, 0.6) is 11.5 Å². The summed E-state index contributed by atoms with van der Waals surface area (Å²) in [6.07, 6.45) is 2.81. The van der Waals surface area contributed by atoms with Gasteiger partial charge in [-0.3, -0.25) is 9.59 Å². The summed E-state index contributed by atoms with van der Waals surface area (Å²) in [6.45, 7) is 4.65. The summed E-state index contributed by atoms with van der Waals surface area (Å²) in [5.41, 5.74) is 0.746. The maximum Gasteiger partial charge on any atom is 0.265 e. The van der Waals surface area contributed by atoms with Gasteiger partial charge in [-0.1, -0.05) is 6.92 Å². The van der Waals surface area contributed by atoms with E-state index < -0.39 is 11.5 Å². The van der Waals surface area contributed by atoms with Crippen LogP contribution in [0.3, 0.4) is 0 Å². The Labute approximate surface area is 166 Å². The minimum atomic E-state index is -0.631. The van der Waals surface area contributed by atoms with Gasteiger partial charge in [0.1, 0.15) is 21.9 Å². The van der Waals surface area contributed by atoms with Crippen molar-refractivity contribution in [1.82, 2.24) is 4.98 Å². The number of hydrogen-bond acceptors (Lipinski definition) is 5. The largest absolute Gasteiger partial charge is 0.506 e. The van der Waals surface area contributed by atoms with Gasteiger partial charge in [0.15, 0.2) is 0 Å². The number of carbonyl (C=O) groups is 1. The van der Waals surface area contributed by atoms with E-state index in [0.29, 0.717) is 34.2 Å². The minimum Gasteiger partial charge on any atom is -0.506 e. The van der Waals surface area contributed by atoms with Crippen molar-refractivity contribution in [2.24, 2.45) is 5.92 Å². The number of fused-ring (bicyclic) bond motifs is 3. The maximum atomic E-state index is 12.7. The number of aromatic amines is 1. The molecule has 1 amide bonds. The van der Waals surface area contributed by atoms with Gasteiger partial charge in [0.2, 0.25) is 0 Å². The quantitative estimate of drug-likeness (QED) is 0.618. The zero-order chi connectivity index (χ0) is 19.8. The molecule has 0 saturated carbocycles. The van der Waals surface area contributed by atoms with Gasteiger partial charge in [0.25, 0.3) is 11.5 Å². The van der Waals surface area contributed by atoms with Gasteiger partial charge in [-0.25, -0.2) is 0 Å². The van der Waals surface area contributed by atoms with Crippen LogP contribution in [0.25, 0.3) is 10.2 Å². The molecule has 7 heteroatoms. The Morgan fingerprint density at radius 2 is 2.11 bits per heavy atom. The fourth-order valence-corrected chi connectivity index (χ4v) is 5.10. The van der Waals surface area contributed by atoms with Crippen LogP contribution in [0.2, 0.25) is 0 Å². The number of hydrogen-bond donors (Lipinski definition) is 3. The number of pyridine rings is 1. The van der Waals surface area contributed by atoms with Crippen molar-refractivity contribution in [3.8, 4) is 11.5 Å². The number of rotatable bonds is 4. The van der Waals surface area contributed by atoms with E-state index in [9.17, 15) is 14.7 Å². The van der Waals surface area contributed by atoms with E-state index in [1.807, 2.05) is 6.92 Å². The number of carbonyl (C=O) groups excluding carboxylic acids is 1. The number of benzene rings is 1. The van der Waals surface area contributed by atoms with Crippen LogP contribution < -0.4 is 15.6 Å². The molecule has 3 aromatic rings. The Kier molecular flexibility index (Phi) is 4.85. The highest BCUT2D eigenvalue weighted by molar-refractivity contribution is 7.18. The molecule has 0 spiro atoms. The third-order valence-electron chi connectivity index (χ3n) is 5.09. The van der Waals surface area contributed by atoms with Crippen molar-refractivity contribution in [2.75, 3.05) is 11.9 Å². The molecule has 0 radical (unpaired) electrons. The second-order valence-electron chi connectivity index (χ2n) is 7.15. The molecule has 0 fully saturated rings. The molecule has 1 atom stereocenters. The van der Waals surface area contributed by atoms with Gasteiger partial charge < -0.3 is 20.1 Å². The number of ether oxygens (including phenoxy) is 1. The van der Waals surface area contributed by atoms with E-state index in [0.717, 1.165) is 24.8 Å². The average molecular weight is 398 g/mol. The lowest BCUT2D eigenvalue weighted by molar-refractivity contribution is 0.102. The third-order valence-corrected chi connectivity index (χ3v) is 6.26. The van der Waals surface area contributed by atoms with E-state index in [-0.39, 0.29) is 11.3 Å². The molecular weight excluding hydrogens is 376 g/mol. The minimum absolute atomic E-state index is 0.228. The van der Waals surface area contributed by atoms with Gasteiger partial charge in [-0.2, -0.15) is 0 Å². The number of amides is 1. The summed E-state index contributed by atoms with van der Waals surface area (Å²) in [5, 5.41) is 14.1. The summed E-state index contributed by atoms with van der Waals surface area (Å²) in [4.78, 5) is 29.9.